The van der Waals surface area contributed by atoms with Crippen LogP contribution in [0.3, 0.4) is 0 Å². The minimum absolute atomic E-state index is 0.353. The fourth-order valence-electron chi connectivity index (χ4n) is 2.22. The topological polar surface area (TPSA) is 29.9 Å². The minimum Gasteiger partial charge on any atom is -0.310 e. The molecule has 21 heavy (non-hydrogen) atoms. The molecule has 0 atom stereocenters. The van der Waals surface area contributed by atoms with Crippen LogP contribution in [0, 0.1) is 6.92 Å². The van der Waals surface area contributed by atoms with E-state index >= 15 is 0 Å². The molecule has 0 radical (unpaired) electrons. The highest BCUT2D eigenvalue weighted by Gasteiger charge is 2.12. The number of hydrogen-bond acceptors (Lipinski definition) is 2. The fraction of sp³-hybridized carbons (Fsp3) is 0.471. The molecule has 0 fully saturated rings. The molecule has 0 spiro atoms. The molecule has 114 valence electrons. The van der Waals surface area contributed by atoms with E-state index in [2.05, 4.69) is 56.4 Å². The predicted molar refractivity (Wildman–Crippen MR) is 89.8 cm³/mol. The zero-order valence-corrected chi connectivity index (χ0v) is 14.2. The van der Waals surface area contributed by atoms with Crippen molar-refractivity contribution in [3.05, 3.63) is 40.7 Å². The van der Waals surface area contributed by atoms with E-state index in [1.54, 1.807) is 0 Å². The van der Waals surface area contributed by atoms with E-state index in [-0.39, 0.29) is 0 Å². The number of nitrogens with one attached hydrogen (secondary N) is 1. The molecule has 0 saturated carbocycles. The Hall–Kier alpha value is -1.32. The standard InChI is InChI=1S/C17H24ClN3/c1-11(2)19-9-14-6-7-15(17(18)8-14)16-10-21(12(3)4)20-13(16)5/h6-8,10-12,19H,9H2,1-5H3. The van der Waals surface area contributed by atoms with E-state index in [9.17, 15) is 0 Å². The summed E-state index contributed by atoms with van der Waals surface area (Å²) in [5.41, 5.74) is 4.37. The van der Waals surface area contributed by atoms with E-state index in [1.165, 1.54) is 5.56 Å². The maximum Gasteiger partial charge on any atom is 0.0672 e. The summed E-state index contributed by atoms with van der Waals surface area (Å²) < 4.78 is 1.98. The van der Waals surface area contributed by atoms with Gasteiger partial charge in [-0.25, -0.2) is 0 Å². The van der Waals surface area contributed by atoms with Crippen LogP contribution in [0.15, 0.2) is 24.4 Å². The lowest BCUT2D eigenvalue weighted by Gasteiger charge is -2.10. The molecule has 0 aliphatic carbocycles. The zero-order valence-electron chi connectivity index (χ0n) is 13.4. The highest BCUT2D eigenvalue weighted by molar-refractivity contribution is 6.33. The molecule has 0 aliphatic heterocycles. The zero-order chi connectivity index (χ0) is 15.6. The van der Waals surface area contributed by atoms with Gasteiger partial charge in [-0.1, -0.05) is 37.6 Å². The van der Waals surface area contributed by atoms with Crippen LogP contribution in [0.2, 0.25) is 5.02 Å². The molecule has 2 rings (SSSR count). The summed E-state index contributed by atoms with van der Waals surface area (Å²) in [6, 6.07) is 7.08. The molecule has 0 bridgehead atoms. The molecule has 1 aromatic heterocycles. The van der Waals surface area contributed by atoms with Crippen LogP contribution in [-0.2, 0) is 6.54 Å². The number of rotatable bonds is 5. The third-order valence-corrected chi connectivity index (χ3v) is 3.80. The highest BCUT2D eigenvalue weighted by Crippen LogP contribution is 2.31. The van der Waals surface area contributed by atoms with Gasteiger partial charge in [0, 0.05) is 41.0 Å². The van der Waals surface area contributed by atoms with Crippen molar-refractivity contribution in [3.63, 3.8) is 0 Å². The van der Waals surface area contributed by atoms with Crippen molar-refractivity contribution in [2.75, 3.05) is 0 Å². The lowest BCUT2D eigenvalue weighted by atomic mass is 10.0. The fourth-order valence-corrected chi connectivity index (χ4v) is 2.52. The summed E-state index contributed by atoms with van der Waals surface area (Å²) >= 11 is 6.48. The Morgan fingerprint density at radius 2 is 1.90 bits per heavy atom. The second-order valence-corrected chi connectivity index (χ2v) is 6.46. The Balaban J connectivity index is 2.28. The highest BCUT2D eigenvalue weighted by atomic mass is 35.5. The quantitative estimate of drug-likeness (QED) is 0.875. The predicted octanol–water partition coefficient (Wildman–Crippen LogP) is 4.59. The molecular formula is C17H24ClN3. The molecule has 2 aromatic rings. The molecule has 1 aromatic carbocycles. The molecule has 0 saturated heterocycles. The van der Waals surface area contributed by atoms with E-state index in [0.29, 0.717) is 12.1 Å². The van der Waals surface area contributed by atoms with Gasteiger partial charge < -0.3 is 5.32 Å². The smallest absolute Gasteiger partial charge is 0.0672 e. The Bertz CT molecular complexity index is 614. The van der Waals surface area contributed by atoms with Gasteiger partial charge in [0.25, 0.3) is 0 Å². The van der Waals surface area contributed by atoms with Crippen LogP contribution in [-0.4, -0.2) is 15.8 Å². The molecule has 1 heterocycles. The Morgan fingerprint density at radius 1 is 1.19 bits per heavy atom. The Morgan fingerprint density at radius 3 is 2.43 bits per heavy atom. The molecular weight excluding hydrogens is 282 g/mol. The third kappa shape index (κ3) is 3.86. The van der Waals surface area contributed by atoms with Crippen molar-refractivity contribution < 1.29 is 0 Å². The van der Waals surface area contributed by atoms with Gasteiger partial charge in [-0.05, 0) is 32.4 Å². The van der Waals surface area contributed by atoms with Crippen LogP contribution in [0.25, 0.3) is 11.1 Å². The number of aromatic nitrogens is 2. The van der Waals surface area contributed by atoms with E-state index in [0.717, 1.165) is 28.4 Å². The van der Waals surface area contributed by atoms with Crippen molar-refractivity contribution in [2.24, 2.45) is 0 Å². The summed E-state index contributed by atoms with van der Waals surface area (Å²) in [6.07, 6.45) is 2.08. The second-order valence-electron chi connectivity index (χ2n) is 6.05. The van der Waals surface area contributed by atoms with Crippen molar-refractivity contribution in [1.29, 1.82) is 0 Å². The first-order valence-corrected chi connectivity index (χ1v) is 7.84. The molecule has 1 N–H and O–H groups in total. The monoisotopic (exact) mass is 305 g/mol. The van der Waals surface area contributed by atoms with Gasteiger partial charge in [-0.2, -0.15) is 5.10 Å². The van der Waals surface area contributed by atoms with Crippen LogP contribution < -0.4 is 5.32 Å². The first kappa shape index (κ1) is 16.1. The first-order chi connectivity index (χ1) is 9.88. The van der Waals surface area contributed by atoms with Crippen LogP contribution in [0.1, 0.15) is 45.0 Å². The lowest BCUT2D eigenvalue weighted by molar-refractivity contribution is 0.529. The van der Waals surface area contributed by atoms with Crippen molar-refractivity contribution >= 4 is 11.6 Å². The number of halogens is 1. The SMILES string of the molecule is Cc1nn(C(C)C)cc1-c1ccc(CNC(C)C)cc1Cl. The molecule has 4 heteroatoms. The van der Waals surface area contributed by atoms with E-state index in [1.807, 2.05) is 17.7 Å². The molecule has 0 amide bonds. The number of hydrogen-bond donors (Lipinski definition) is 1. The van der Waals surface area contributed by atoms with Gasteiger partial charge in [0.05, 0.1) is 5.69 Å². The Labute approximate surface area is 132 Å². The summed E-state index contributed by atoms with van der Waals surface area (Å²) in [5, 5.41) is 8.74. The van der Waals surface area contributed by atoms with Gasteiger partial charge in [0.15, 0.2) is 0 Å². The van der Waals surface area contributed by atoms with Gasteiger partial charge in [-0.15, -0.1) is 0 Å². The Kier molecular flexibility index (Phi) is 5.07. The maximum atomic E-state index is 6.48. The van der Waals surface area contributed by atoms with Crippen LogP contribution in [0.4, 0.5) is 0 Å². The van der Waals surface area contributed by atoms with Crippen molar-refractivity contribution in [2.45, 2.75) is 53.2 Å². The summed E-state index contributed by atoms with van der Waals surface area (Å²) in [5.74, 6) is 0. The maximum absolute atomic E-state index is 6.48. The van der Waals surface area contributed by atoms with E-state index < -0.39 is 0 Å². The second kappa shape index (κ2) is 6.63. The average Bonchev–Trinajstić information content (AvgIpc) is 2.79. The third-order valence-electron chi connectivity index (χ3n) is 3.48. The normalized spacial score (nSPS) is 11.6. The summed E-state index contributed by atoms with van der Waals surface area (Å²) in [4.78, 5) is 0. The molecule has 0 aliphatic rings. The molecule has 0 unspecified atom stereocenters. The molecule has 3 nitrogen and oxygen atoms in total. The number of benzene rings is 1. The summed E-state index contributed by atoms with van der Waals surface area (Å²) in [6.45, 7) is 11.4. The first-order valence-electron chi connectivity index (χ1n) is 7.46. The van der Waals surface area contributed by atoms with Crippen molar-refractivity contribution in [1.82, 2.24) is 15.1 Å². The van der Waals surface area contributed by atoms with Gasteiger partial charge in [-0.3, -0.25) is 4.68 Å². The van der Waals surface area contributed by atoms with Crippen molar-refractivity contribution in [3.8, 4) is 11.1 Å². The van der Waals surface area contributed by atoms with Gasteiger partial charge >= 0.3 is 0 Å². The lowest BCUT2D eigenvalue weighted by Crippen LogP contribution is -2.21. The number of aryl methyl sites for hydroxylation is 1. The van der Waals surface area contributed by atoms with Gasteiger partial charge in [0.2, 0.25) is 0 Å². The average molecular weight is 306 g/mol. The van der Waals surface area contributed by atoms with Gasteiger partial charge in [0.1, 0.15) is 0 Å². The van der Waals surface area contributed by atoms with Crippen LogP contribution in [0.5, 0.6) is 0 Å². The minimum atomic E-state index is 0.353. The summed E-state index contributed by atoms with van der Waals surface area (Å²) in [7, 11) is 0. The van der Waals surface area contributed by atoms with Crippen LogP contribution >= 0.6 is 11.6 Å². The largest absolute Gasteiger partial charge is 0.310 e. The van der Waals surface area contributed by atoms with E-state index in [4.69, 9.17) is 11.6 Å². The number of nitrogens with zero attached hydrogens (tertiary/aromatic N) is 2.